The van der Waals surface area contributed by atoms with Crippen molar-refractivity contribution in [3.05, 3.63) is 65.2 Å². The highest BCUT2D eigenvalue weighted by Gasteiger charge is 2.28. The van der Waals surface area contributed by atoms with Crippen LogP contribution in [0.2, 0.25) is 0 Å². The first-order chi connectivity index (χ1) is 12.7. The fraction of sp³-hybridized carbons (Fsp3) is 0.435. The van der Waals surface area contributed by atoms with Gasteiger partial charge in [-0.3, -0.25) is 4.79 Å². The number of aryl methyl sites for hydroxylation is 1. The third-order valence-corrected chi connectivity index (χ3v) is 6.14. The fourth-order valence-electron chi connectivity index (χ4n) is 4.54. The second kappa shape index (κ2) is 7.63. The number of ketones is 1. The molecule has 136 valence electrons. The van der Waals surface area contributed by atoms with E-state index in [2.05, 4.69) is 35.2 Å². The van der Waals surface area contributed by atoms with Crippen molar-refractivity contribution in [3.8, 4) is 5.75 Å². The molecule has 3 heteroatoms. The van der Waals surface area contributed by atoms with Crippen LogP contribution >= 0.6 is 0 Å². The highest BCUT2D eigenvalue weighted by atomic mass is 16.3. The van der Waals surface area contributed by atoms with Crippen molar-refractivity contribution in [2.75, 3.05) is 19.6 Å². The highest BCUT2D eigenvalue weighted by Crippen LogP contribution is 2.31. The average molecular weight is 349 g/mol. The van der Waals surface area contributed by atoms with Crippen molar-refractivity contribution < 1.29 is 9.90 Å². The predicted molar refractivity (Wildman–Crippen MR) is 104 cm³/mol. The molecule has 4 rings (SSSR count). The first-order valence-electron chi connectivity index (χ1n) is 9.84. The number of Topliss-reactive ketones (excluding diaryl/α,β-unsaturated/α-hetero) is 1. The molecule has 1 heterocycles. The summed E-state index contributed by atoms with van der Waals surface area (Å²) in [7, 11) is 0. The van der Waals surface area contributed by atoms with E-state index in [-0.39, 0.29) is 17.5 Å². The summed E-state index contributed by atoms with van der Waals surface area (Å²) >= 11 is 0. The van der Waals surface area contributed by atoms with E-state index in [0.717, 1.165) is 50.0 Å². The van der Waals surface area contributed by atoms with Gasteiger partial charge in [-0.05, 0) is 87.0 Å². The molecule has 1 aliphatic heterocycles. The minimum atomic E-state index is 0.138. The van der Waals surface area contributed by atoms with Gasteiger partial charge in [0.2, 0.25) is 0 Å². The normalized spacial score (nSPS) is 21.5. The lowest BCUT2D eigenvalue weighted by Gasteiger charge is -2.33. The monoisotopic (exact) mass is 349 g/mol. The number of aromatic hydroxyl groups is 1. The number of carbonyl (C=O) groups excluding carboxylic acids is 1. The maximum atomic E-state index is 12.7. The molecule has 0 spiro atoms. The predicted octanol–water partition coefficient (Wildman–Crippen LogP) is 4.41. The van der Waals surface area contributed by atoms with Crippen LogP contribution in [0.4, 0.5) is 0 Å². The van der Waals surface area contributed by atoms with Crippen molar-refractivity contribution in [2.45, 2.75) is 38.0 Å². The number of fused-ring (bicyclic) bond motifs is 1. The standard InChI is InChI=1S/C23H27NO2/c25-21-8-9-22-20(16-21)7-6-19(23(22)26)12-15-24-13-10-18(11-14-24)17-4-2-1-3-5-17/h1-5,8-9,16,18-19,25H,6-7,10-15H2. The van der Waals surface area contributed by atoms with Crippen molar-refractivity contribution in [1.29, 1.82) is 0 Å². The summed E-state index contributed by atoms with van der Waals surface area (Å²) in [5.41, 5.74) is 3.30. The highest BCUT2D eigenvalue weighted by molar-refractivity contribution is 6.00. The van der Waals surface area contributed by atoms with Crippen LogP contribution in [-0.4, -0.2) is 35.4 Å². The van der Waals surface area contributed by atoms with Gasteiger partial charge in [0, 0.05) is 11.5 Å². The first kappa shape index (κ1) is 17.3. The minimum absolute atomic E-state index is 0.138. The van der Waals surface area contributed by atoms with Crippen LogP contribution in [0.1, 0.15) is 53.1 Å². The summed E-state index contributed by atoms with van der Waals surface area (Å²) < 4.78 is 0. The van der Waals surface area contributed by atoms with E-state index in [0.29, 0.717) is 5.92 Å². The number of hydrogen-bond donors (Lipinski definition) is 1. The number of carbonyl (C=O) groups is 1. The van der Waals surface area contributed by atoms with E-state index >= 15 is 0 Å². The van der Waals surface area contributed by atoms with Gasteiger partial charge >= 0.3 is 0 Å². The molecule has 0 aromatic heterocycles. The quantitative estimate of drug-likeness (QED) is 0.889. The molecule has 2 aliphatic rings. The van der Waals surface area contributed by atoms with Crippen LogP contribution in [0, 0.1) is 5.92 Å². The Bertz CT molecular complexity index is 763. The molecule has 0 amide bonds. The van der Waals surface area contributed by atoms with Crippen molar-refractivity contribution in [2.24, 2.45) is 5.92 Å². The zero-order valence-electron chi connectivity index (χ0n) is 15.2. The number of piperidine rings is 1. The number of benzene rings is 2. The van der Waals surface area contributed by atoms with E-state index in [1.165, 1.54) is 18.4 Å². The van der Waals surface area contributed by atoms with Crippen molar-refractivity contribution in [3.63, 3.8) is 0 Å². The molecule has 1 atom stereocenters. The molecule has 26 heavy (non-hydrogen) atoms. The van der Waals surface area contributed by atoms with E-state index in [1.54, 1.807) is 18.2 Å². The smallest absolute Gasteiger partial charge is 0.166 e. The Kier molecular flexibility index (Phi) is 5.07. The lowest BCUT2D eigenvalue weighted by atomic mass is 9.81. The SMILES string of the molecule is O=C1c2ccc(O)cc2CCC1CCN1CCC(c2ccccc2)CC1. The molecular weight excluding hydrogens is 322 g/mol. The lowest BCUT2D eigenvalue weighted by Crippen LogP contribution is -2.35. The molecule has 1 fully saturated rings. The Labute approximate surface area is 155 Å². The first-order valence-corrected chi connectivity index (χ1v) is 9.84. The Morgan fingerprint density at radius 3 is 2.54 bits per heavy atom. The number of phenols is 1. The van der Waals surface area contributed by atoms with Crippen LogP contribution in [0.25, 0.3) is 0 Å². The number of hydrogen-bond acceptors (Lipinski definition) is 3. The second-order valence-corrected chi connectivity index (χ2v) is 7.76. The van der Waals surface area contributed by atoms with Gasteiger partial charge in [0.1, 0.15) is 5.75 Å². The van der Waals surface area contributed by atoms with E-state index in [9.17, 15) is 9.90 Å². The number of rotatable bonds is 4. The molecule has 3 nitrogen and oxygen atoms in total. The summed E-state index contributed by atoms with van der Waals surface area (Å²) in [5, 5.41) is 9.60. The van der Waals surface area contributed by atoms with Gasteiger partial charge in [0.15, 0.2) is 5.78 Å². The summed E-state index contributed by atoms with van der Waals surface area (Å²) in [4.78, 5) is 15.3. The zero-order chi connectivity index (χ0) is 17.9. The van der Waals surface area contributed by atoms with Crippen molar-refractivity contribution >= 4 is 5.78 Å². The average Bonchev–Trinajstić information content (AvgIpc) is 2.68. The molecule has 0 bridgehead atoms. The largest absolute Gasteiger partial charge is 0.508 e. The molecule has 0 radical (unpaired) electrons. The van der Waals surface area contributed by atoms with Crippen molar-refractivity contribution in [1.82, 2.24) is 4.90 Å². The van der Waals surface area contributed by atoms with Gasteiger partial charge in [-0.25, -0.2) is 0 Å². The Morgan fingerprint density at radius 1 is 1.00 bits per heavy atom. The summed E-state index contributed by atoms with van der Waals surface area (Å²) in [6.45, 7) is 3.28. The minimum Gasteiger partial charge on any atom is -0.508 e. The molecule has 1 aliphatic carbocycles. The van der Waals surface area contributed by atoms with Crippen LogP contribution in [-0.2, 0) is 6.42 Å². The molecule has 1 unspecified atom stereocenters. The topological polar surface area (TPSA) is 40.5 Å². The number of likely N-dealkylation sites (tertiary alicyclic amines) is 1. The van der Waals surface area contributed by atoms with Gasteiger partial charge in [0.05, 0.1) is 0 Å². The van der Waals surface area contributed by atoms with Crippen LogP contribution in [0.5, 0.6) is 5.75 Å². The Hall–Kier alpha value is -2.13. The molecule has 1 saturated heterocycles. The summed E-state index contributed by atoms with van der Waals surface area (Å²) in [5.74, 6) is 1.35. The van der Waals surface area contributed by atoms with Gasteiger partial charge in [-0.15, -0.1) is 0 Å². The van der Waals surface area contributed by atoms with Gasteiger partial charge in [-0.2, -0.15) is 0 Å². The summed E-state index contributed by atoms with van der Waals surface area (Å²) in [6.07, 6.45) is 5.19. The number of nitrogens with zero attached hydrogens (tertiary/aromatic N) is 1. The maximum Gasteiger partial charge on any atom is 0.166 e. The van der Waals surface area contributed by atoms with Gasteiger partial charge in [-0.1, -0.05) is 30.3 Å². The van der Waals surface area contributed by atoms with E-state index < -0.39 is 0 Å². The van der Waals surface area contributed by atoms with Crippen LogP contribution in [0.3, 0.4) is 0 Å². The molecule has 2 aromatic carbocycles. The van der Waals surface area contributed by atoms with Gasteiger partial charge < -0.3 is 10.0 Å². The Morgan fingerprint density at radius 2 is 1.77 bits per heavy atom. The third-order valence-electron chi connectivity index (χ3n) is 6.14. The van der Waals surface area contributed by atoms with Crippen LogP contribution < -0.4 is 0 Å². The van der Waals surface area contributed by atoms with Gasteiger partial charge in [0.25, 0.3) is 0 Å². The molecular formula is C23H27NO2. The fourth-order valence-corrected chi connectivity index (χ4v) is 4.54. The summed E-state index contributed by atoms with van der Waals surface area (Å²) in [6, 6.07) is 16.0. The molecule has 0 saturated carbocycles. The molecule has 1 N–H and O–H groups in total. The molecule has 2 aromatic rings. The third kappa shape index (κ3) is 3.68. The lowest BCUT2D eigenvalue weighted by molar-refractivity contribution is 0.0877. The van der Waals surface area contributed by atoms with E-state index in [1.807, 2.05) is 0 Å². The van der Waals surface area contributed by atoms with E-state index in [4.69, 9.17) is 0 Å². The Balaban J connectivity index is 1.29. The maximum absolute atomic E-state index is 12.7. The second-order valence-electron chi connectivity index (χ2n) is 7.76. The zero-order valence-corrected chi connectivity index (χ0v) is 15.2. The van der Waals surface area contributed by atoms with Crippen LogP contribution in [0.15, 0.2) is 48.5 Å². The number of phenolic OH excluding ortho intramolecular Hbond substituents is 1.